The van der Waals surface area contributed by atoms with Gasteiger partial charge in [0, 0.05) is 16.7 Å². The van der Waals surface area contributed by atoms with Gasteiger partial charge in [-0.25, -0.2) is 4.39 Å². The van der Waals surface area contributed by atoms with Gasteiger partial charge in [0.2, 0.25) is 0 Å². The molecular weight excluding hydrogens is 309 g/mol. The fourth-order valence-corrected chi connectivity index (χ4v) is 3.58. The van der Waals surface area contributed by atoms with Gasteiger partial charge in [-0.15, -0.1) is 0 Å². The van der Waals surface area contributed by atoms with Crippen molar-refractivity contribution in [2.75, 3.05) is 12.8 Å². The third-order valence-electron chi connectivity index (χ3n) is 3.30. The molecule has 0 bridgehead atoms. The minimum Gasteiger partial charge on any atom is -0.312 e. The summed E-state index contributed by atoms with van der Waals surface area (Å²) in [6.45, 7) is 2.02. The summed E-state index contributed by atoms with van der Waals surface area (Å²) in [5.41, 5.74) is 2.25. The van der Waals surface area contributed by atoms with Crippen molar-refractivity contribution in [1.82, 2.24) is 5.32 Å². The Morgan fingerprint density at radius 2 is 1.90 bits per heavy atom. The first-order valence-electron chi connectivity index (χ1n) is 6.58. The maximum absolute atomic E-state index is 13.2. The molecule has 0 aliphatic carbocycles. The monoisotopic (exact) mass is 325 g/mol. The molecule has 5 heteroatoms. The van der Waals surface area contributed by atoms with Crippen LogP contribution in [0.1, 0.15) is 17.2 Å². The van der Waals surface area contributed by atoms with E-state index in [1.807, 2.05) is 38.2 Å². The second-order valence-electron chi connectivity index (χ2n) is 4.84. The Kier molecular flexibility index (Phi) is 5.51. The van der Waals surface area contributed by atoms with Crippen LogP contribution in [0.15, 0.2) is 47.4 Å². The molecule has 0 saturated heterocycles. The van der Waals surface area contributed by atoms with E-state index in [9.17, 15) is 8.60 Å². The lowest BCUT2D eigenvalue weighted by Crippen LogP contribution is -2.22. The molecule has 1 N–H and O–H groups in total. The van der Waals surface area contributed by atoms with Gasteiger partial charge in [-0.1, -0.05) is 41.4 Å². The summed E-state index contributed by atoms with van der Waals surface area (Å²) in [5, 5.41) is 3.16. The Morgan fingerprint density at radius 3 is 2.48 bits per heavy atom. The summed E-state index contributed by atoms with van der Waals surface area (Å²) in [7, 11) is 0.581. The van der Waals surface area contributed by atoms with Crippen molar-refractivity contribution in [3.8, 4) is 0 Å². The van der Waals surface area contributed by atoms with Gasteiger partial charge in [0.15, 0.2) is 0 Å². The Bertz CT molecular complexity index is 645. The highest BCUT2D eigenvalue weighted by Gasteiger charge is 2.15. The van der Waals surface area contributed by atoms with Crippen LogP contribution < -0.4 is 5.32 Å². The van der Waals surface area contributed by atoms with E-state index < -0.39 is 16.6 Å². The highest BCUT2D eigenvalue weighted by atomic mass is 35.5. The first-order chi connectivity index (χ1) is 10.0. The van der Waals surface area contributed by atoms with Crippen LogP contribution in [-0.4, -0.2) is 17.0 Å². The predicted molar refractivity (Wildman–Crippen MR) is 85.7 cm³/mol. The fourth-order valence-electron chi connectivity index (χ4n) is 2.01. The molecule has 0 amide bonds. The number of rotatable bonds is 5. The molecule has 2 aromatic rings. The van der Waals surface area contributed by atoms with Gasteiger partial charge in [0.05, 0.1) is 15.8 Å². The van der Waals surface area contributed by atoms with Crippen molar-refractivity contribution in [1.29, 1.82) is 0 Å². The summed E-state index contributed by atoms with van der Waals surface area (Å²) in [5.74, 6) is -0.0947. The third-order valence-corrected chi connectivity index (χ3v) is 5.01. The molecule has 0 heterocycles. The molecule has 0 aromatic heterocycles. The van der Waals surface area contributed by atoms with Crippen LogP contribution in [-0.2, 0) is 10.8 Å². The summed E-state index contributed by atoms with van der Waals surface area (Å²) in [4.78, 5) is 0.536. The smallest absolute Gasteiger partial charge is 0.141 e. The lowest BCUT2D eigenvalue weighted by Gasteiger charge is -2.16. The molecule has 0 aliphatic heterocycles. The maximum atomic E-state index is 13.2. The van der Waals surface area contributed by atoms with E-state index in [1.54, 1.807) is 0 Å². The van der Waals surface area contributed by atoms with Crippen molar-refractivity contribution in [3.05, 3.63) is 64.4 Å². The Hall–Kier alpha value is -1.23. The fraction of sp³-hybridized carbons (Fsp3) is 0.250. The van der Waals surface area contributed by atoms with Crippen molar-refractivity contribution in [2.45, 2.75) is 17.9 Å². The number of benzene rings is 2. The highest BCUT2D eigenvalue weighted by Crippen LogP contribution is 2.21. The molecule has 0 fully saturated rings. The molecule has 2 atom stereocenters. The molecule has 0 spiro atoms. The summed E-state index contributed by atoms with van der Waals surface area (Å²) >= 11 is 5.74. The first-order valence-corrected chi connectivity index (χ1v) is 8.28. The molecule has 0 aliphatic rings. The molecule has 2 nitrogen and oxygen atoms in total. The van der Waals surface area contributed by atoms with Crippen LogP contribution in [0.2, 0.25) is 5.02 Å². The number of nitrogens with one attached hydrogen (secondary N) is 1. The zero-order valence-electron chi connectivity index (χ0n) is 11.9. The SMILES string of the molecule is CNC(CS(=O)c1ccc(F)c(Cl)c1)c1ccc(C)cc1. The van der Waals surface area contributed by atoms with Crippen molar-refractivity contribution in [3.63, 3.8) is 0 Å². The predicted octanol–water partition coefficient (Wildman–Crippen LogP) is 3.86. The largest absolute Gasteiger partial charge is 0.312 e. The van der Waals surface area contributed by atoms with E-state index in [0.29, 0.717) is 10.6 Å². The normalized spacial score (nSPS) is 13.9. The lowest BCUT2D eigenvalue weighted by atomic mass is 10.1. The standard InChI is InChI=1S/C16H17ClFNOS/c1-11-3-5-12(6-4-11)16(19-2)10-21(20)13-7-8-15(18)14(17)9-13/h3-9,16,19H,10H2,1-2H3. The molecule has 112 valence electrons. The van der Waals surface area contributed by atoms with Gasteiger partial charge in [0.25, 0.3) is 0 Å². The minimum atomic E-state index is -1.25. The van der Waals surface area contributed by atoms with Crippen molar-refractivity contribution in [2.24, 2.45) is 0 Å². The number of halogens is 2. The molecular formula is C16H17ClFNOS. The van der Waals surface area contributed by atoms with E-state index in [4.69, 9.17) is 11.6 Å². The van der Waals surface area contributed by atoms with Gasteiger partial charge >= 0.3 is 0 Å². The quantitative estimate of drug-likeness (QED) is 0.904. The Morgan fingerprint density at radius 1 is 1.24 bits per heavy atom. The van der Waals surface area contributed by atoms with Crippen LogP contribution in [0.5, 0.6) is 0 Å². The second-order valence-corrected chi connectivity index (χ2v) is 6.74. The minimum absolute atomic E-state index is 0.00260. The molecule has 2 aromatic carbocycles. The zero-order valence-corrected chi connectivity index (χ0v) is 13.5. The molecule has 0 radical (unpaired) electrons. The van der Waals surface area contributed by atoms with Gasteiger partial charge in [-0.05, 0) is 37.7 Å². The summed E-state index contributed by atoms with van der Waals surface area (Å²) in [6, 6.07) is 12.2. The maximum Gasteiger partial charge on any atom is 0.141 e. The molecule has 0 saturated carbocycles. The van der Waals surface area contributed by atoms with Crippen molar-refractivity contribution < 1.29 is 8.60 Å². The average molecular weight is 326 g/mol. The molecule has 2 unspecified atom stereocenters. The zero-order chi connectivity index (χ0) is 15.4. The summed E-state index contributed by atoms with van der Waals surface area (Å²) < 4.78 is 25.6. The van der Waals surface area contributed by atoms with Crippen LogP contribution >= 0.6 is 11.6 Å². The number of hydrogen-bond donors (Lipinski definition) is 1. The Balaban J connectivity index is 2.15. The van der Waals surface area contributed by atoms with Crippen LogP contribution in [0.4, 0.5) is 4.39 Å². The summed E-state index contributed by atoms with van der Waals surface area (Å²) in [6.07, 6.45) is 0. The van der Waals surface area contributed by atoms with Crippen LogP contribution in [0, 0.1) is 12.7 Å². The van der Waals surface area contributed by atoms with Crippen LogP contribution in [0.3, 0.4) is 0 Å². The van der Waals surface area contributed by atoms with Gasteiger partial charge in [0.1, 0.15) is 5.82 Å². The van der Waals surface area contributed by atoms with E-state index in [2.05, 4.69) is 5.32 Å². The Labute approximate surface area is 131 Å². The first kappa shape index (κ1) is 16.1. The number of aryl methyl sites for hydroxylation is 1. The van der Waals surface area contributed by atoms with E-state index in [0.717, 1.165) is 5.56 Å². The highest BCUT2D eigenvalue weighted by molar-refractivity contribution is 7.85. The van der Waals surface area contributed by atoms with Crippen LogP contribution in [0.25, 0.3) is 0 Å². The topological polar surface area (TPSA) is 29.1 Å². The average Bonchev–Trinajstić information content (AvgIpc) is 2.48. The number of hydrogen-bond acceptors (Lipinski definition) is 2. The van der Waals surface area contributed by atoms with E-state index in [-0.39, 0.29) is 11.1 Å². The lowest BCUT2D eigenvalue weighted by molar-refractivity contribution is 0.625. The molecule has 2 rings (SSSR count). The second kappa shape index (κ2) is 7.16. The van der Waals surface area contributed by atoms with Gasteiger partial charge in [-0.3, -0.25) is 4.21 Å². The van der Waals surface area contributed by atoms with Gasteiger partial charge < -0.3 is 5.32 Å². The molecule has 21 heavy (non-hydrogen) atoms. The van der Waals surface area contributed by atoms with E-state index >= 15 is 0 Å². The van der Waals surface area contributed by atoms with Crippen molar-refractivity contribution >= 4 is 22.4 Å². The third kappa shape index (κ3) is 4.13. The van der Waals surface area contributed by atoms with Gasteiger partial charge in [-0.2, -0.15) is 0 Å². The van der Waals surface area contributed by atoms with E-state index in [1.165, 1.54) is 23.8 Å².